The topological polar surface area (TPSA) is 9.86 Å². The number of hydrogen-bond acceptors (Lipinski definition) is 2. The molecule has 0 spiro atoms. The lowest BCUT2D eigenvalue weighted by Gasteiger charge is -2.07. The van der Waals surface area contributed by atoms with E-state index in [1.54, 1.807) is 0 Å². The van der Waals surface area contributed by atoms with Gasteiger partial charge in [-0.15, -0.1) is 22.7 Å². The average Bonchev–Trinajstić information content (AvgIpc) is 3.78. The van der Waals surface area contributed by atoms with E-state index in [1.807, 2.05) is 22.7 Å². The molecule has 4 aromatic carbocycles. The van der Waals surface area contributed by atoms with Crippen LogP contribution in [0.5, 0.6) is 0 Å². The minimum absolute atomic E-state index is 1.09. The zero-order chi connectivity index (χ0) is 29.6. The SMILES string of the molecule is CCCCCn1c2ccccc2c2sc3cc(C=Cc4ccc5c(c4)sc4c6ccccc6n(CCCCC)c54)ccc3c21. The lowest BCUT2D eigenvalue weighted by molar-refractivity contribution is 0.628. The summed E-state index contributed by atoms with van der Waals surface area (Å²) in [6.45, 7) is 6.74. The van der Waals surface area contributed by atoms with Crippen molar-refractivity contribution < 1.29 is 0 Å². The van der Waals surface area contributed by atoms with Gasteiger partial charge in [-0.2, -0.15) is 0 Å². The summed E-state index contributed by atoms with van der Waals surface area (Å²) in [5.74, 6) is 0. The Hall–Kier alpha value is -3.86. The van der Waals surface area contributed by atoms with Crippen molar-refractivity contribution >= 4 is 97.2 Å². The molecule has 2 nitrogen and oxygen atoms in total. The van der Waals surface area contributed by atoms with Crippen LogP contribution < -0.4 is 0 Å². The van der Waals surface area contributed by atoms with E-state index < -0.39 is 0 Å². The molecule has 0 radical (unpaired) electrons. The minimum atomic E-state index is 1.09. The first kappa shape index (κ1) is 27.7. The van der Waals surface area contributed by atoms with Crippen molar-refractivity contribution in [2.75, 3.05) is 0 Å². The van der Waals surface area contributed by atoms with Crippen LogP contribution >= 0.6 is 22.7 Å². The first-order valence-electron chi connectivity index (χ1n) is 16.3. The summed E-state index contributed by atoms with van der Waals surface area (Å²) in [4.78, 5) is 0. The van der Waals surface area contributed by atoms with Crippen LogP contribution in [0.25, 0.3) is 74.6 Å². The number of aromatic nitrogens is 2. The zero-order valence-corrected chi connectivity index (χ0v) is 27.2. The molecule has 8 rings (SSSR count). The second-order valence-corrected chi connectivity index (χ2v) is 14.3. The van der Waals surface area contributed by atoms with Gasteiger partial charge in [0.1, 0.15) is 0 Å². The minimum Gasteiger partial charge on any atom is -0.339 e. The van der Waals surface area contributed by atoms with E-state index in [2.05, 4.69) is 120 Å². The van der Waals surface area contributed by atoms with Gasteiger partial charge in [0.15, 0.2) is 0 Å². The van der Waals surface area contributed by atoms with Crippen LogP contribution in [0.1, 0.15) is 63.5 Å². The van der Waals surface area contributed by atoms with E-state index in [-0.39, 0.29) is 0 Å². The Morgan fingerprint density at radius 3 is 1.43 bits per heavy atom. The molecule has 0 N–H and O–H groups in total. The molecule has 0 bridgehead atoms. The van der Waals surface area contributed by atoms with Crippen LogP contribution in [0, 0.1) is 0 Å². The Labute approximate surface area is 266 Å². The molecule has 4 aromatic heterocycles. The quantitative estimate of drug-likeness (QED) is 0.108. The maximum Gasteiger partial charge on any atom is 0.0681 e. The highest BCUT2D eigenvalue weighted by molar-refractivity contribution is 7.27. The van der Waals surface area contributed by atoms with Crippen LogP contribution in [-0.2, 0) is 13.1 Å². The van der Waals surface area contributed by atoms with Gasteiger partial charge in [-0.3, -0.25) is 0 Å². The number of rotatable bonds is 10. The molecule has 8 aromatic rings. The van der Waals surface area contributed by atoms with Gasteiger partial charge in [0.05, 0.1) is 20.4 Å². The number of aryl methyl sites for hydroxylation is 2. The van der Waals surface area contributed by atoms with Crippen molar-refractivity contribution in [2.45, 2.75) is 65.5 Å². The molecular weight excluding hydrogens is 573 g/mol. The summed E-state index contributed by atoms with van der Waals surface area (Å²) >= 11 is 3.89. The first-order valence-corrected chi connectivity index (χ1v) is 17.9. The largest absolute Gasteiger partial charge is 0.339 e. The lowest BCUT2D eigenvalue weighted by atomic mass is 10.1. The number of unbranched alkanes of at least 4 members (excludes halogenated alkanes) is 4. The van der Waals surface area contributed by atoms with Crippen molar-refractivity contribution in [3.05, 3.63) is 96.1 Å². The number of benzene rings is 4. The summed E-state index contributed by atoms with van der Waals surface area (Å²) < 4.78 is 10.7. The fourth-order valence-corrected chi connectivity index (χ4v) is 9.63. The van der Waals surface area contributed by atoms with E-state index in [9.17, 15) is 0 Å². The van der Waals surface area contributed by atoms with E-state index in [0.717, 1.165) is 13.1 Å². The van der Waals surface area contributed by atoms with Gasteiger partial charge < -0.3 is 9.13 Å². The van der Waals surface area contributed by atoms with Gasteiger partial charge in [0.25, 0.3) is 0 Å². The van der Waals surface area contributed by atoms with Crippen LogP contribution in [0.4, 0.5) is 0 Å². The van der Waals surface area contributed by atoms with Gasteiger partial charge >= 0.3 is 0 Å². The van der Waals surface area contributed by atoms with Crippen molar-refractivity contribution in [2.24, 2.45) is 0 Å². The Balaban J connectivity index is 1.15. The molecule has 0 saturated heterocycles. The fourth-order valence-electron chi connectivity index (χ4n) is 7.05. The molecule has 4 heteroatoms. The Kier molecular flexibility index (Phi) is 7.28. The highest BCUT2D eigenvalue weighted by atomic mass is 32.1. The Morgan fingerprint density at radius 1 is 0.523 bits per heavy atom. The second-order valence-electron chi connectivity index (χ2n) is 12.2. The third-order valence-electron chi connectivity index (χ3n) is 9.23. The molecule has 0 unspecified atom stereocenters. The van der Waals surface area contributed by atoms with Crippen molar-refractivity contribution in [1.29, 1.82) is 0 Å². The zero-order valence-electron chi connectivity index (χ0n) is 25.6. The monoisotopic (exact) mass is 610 g/mol. The average molecular weight is 611 g/mol. The van der Waals surface area contributed by atoms with E-state index >= 15 is 0 Å². The summed E-state index contributed by atoms with van der Waals surface area (Å²) in [7, 11) is 0. The van der Waals surface area contributed by atoms with Crippen molar-refractivity contribution in [3.63, 3.8) is 0 Å². The van der Waals surface area contributed by atoms with Gasteiger partial charge in [-0.05, 0) is 48.2 Å². The Morgan fingerprint density at radius 2 is 0.977 bits per heavy atom. The molecular formula is C40H38N2S2. The number of hydrogen-bond donors (Lipinski definition) is 0. The number of nitrogens with zero attached hydrogens (tertiary/aromatic N) is 2. The predicted octanol–water partition coefficient (Wildman–Crippen LogP) is 12.9. The summed E-state index contributed by atoms with van der Waals surface area (Å²) in [6, 6.07) is 31.9. The molecule has 0 aliphatic heterocycles. The second kappa shape index (κ2) is 11.6. The molecule has 0 aliphatic carbocycles. The molecule has 0 amide bonds. The highest BCUT2D eigenvalue weighted by Gasteiger charge is 2.17. The van der Waals surface area contributed by atoms with Crippen LogP contribution in [0.3, 0.4) is 0 Å². The predicted molar refractivity (Wildman–Crippen MR) is 198 cm³/mol. The van der Waals surface area contributed by atoms with E-state index in [1.165, 1.54) is 112 Å². The molecule has 4 heterocycles. The molecule has 0 saturated carbocycles. The summed E-state index contributed by atoms with van der Waals surface area (Å²) in [5, 5.41) is 5.54. The third kappa shape index (κ3) is 4.58. The number of fused-ring (bicyclic) bond motifs is 10. The van der Waals surface area contributed by atoms with Gasteiger partial charge in [0, 0.05) is 55.1 Å². The normalized spacial score (nSPS) is 12.5. The highest BCUT2D eigenvalue weighted by Crippen LogP contribution is 2.43. The maximum absolute atomic E-state index is 2.58. The molecule has 0 aliphatic rings. The van der Waals surface area contributed by atoms with E-state index in [0.29, 0.717) is 0 Å². The summed E-state index contributed by atoms with van der Waals surface area (Å²) in [5.41, 5.74) is 8.09. The number of para-hydroxylation sites is 2. The van der Waals surface area contributed by atoms with E-state index in [4.69, 9.17) is 0 Å². The molecule has 44 heavy (non-hydrogen) atoms. The summed E-state index contributed by atoms with van der Waals surface area (Å²) in [6.07, 6.45) is 12.1. The standard InChI is InChI=1S/C40H38N2S2/c1-3-5-11-23-41-33-15-9-7-13-29(33)39-37(41)31-21-19-27(25-35(31)43-39)17-18-28-20-22-32-36(26-28)44-40-30-14-8-10-16-34(30)42(38(32)40)24-12-6-4-2/h7-10,13-22,25-26H,3-6,11-12,23-24H2,1-2H3. The molecule has 0 atom stereocenters. The Bertz CT molecular complexity index is 2160. The molecule has 220 valence electrons. The van der Waals surface area contributed by atoms with Gasteiger partial charge in [0.2, 0.25) is 0 Å². The fraction of sp³-hybridized carbons (Fsp3) is 0.250. The van der Waals surface area contributed by atoms with Crippen molar-refractivity contribution in [1.82, 2.24) is 9.13 Å². The van der Waals surface area contributed by atoms with Crippen LogP contribution in [-0.4, -0.2) is 9.13 Å². The van der Waals surface area contributed by atoms with Crippen LogP contribution in [0.15, 0.2) is 84.9 Å². The van der Waals surface area contributed by atoms with Gasteiger partial charge in [-0.25, -0.2) is 0 Å². The first-order chi connectivity index (χ1) is 21.7. The lowest BCUT2D eigenvalue weighted by Crippen LogP contribution is -1.97. The van der Waals surface area contributed by atoms with Gasteiger partial charge in [-0.1, -0.05) is 112 Å². The van der Waals surface area contributed by atoms with Crippen molar-refractivity contribution in [3.8, 4) is 0 Å². The smallest absolute Gasteiger partial charge is 0.0681 e. The third-order valence-corrected chi connectivity index (χ3v) is 11.6. The maximum atomic E-state index is 2.58. The van der Waals surface area contributed by atoms with Crippen LogP contribution in [0.2, 0.25) is 0 Å². The number of thiophene rings is 2. The molecule has 0 fully saturated rings.